The molecular formula is C27H29N3O2. The van der Waals surface area contributed by atoms with Gasteiger partial charge in [-0.25, -0.2) is 4.98 Å². The highest BCUT2D eigenvalue weighted by Crippen LogP contribution is 2.37. The molecule has 32 heavy (non-hydrogen) atoms. The fraction of sp³-hybridized carbons (Fsp3) is 0.333. The Balaban J connectivity index is 1.36. The van der Waals surface area contributed by atoms with Crippen LogP contribution in [0.3, 0.4) is 0 Å². The molecule has 0 aliphatic heterocycles. The minimum absolute atomic E-state index is 0.0252. The second-order valence-electron chi connectivity index (χ2n) is 9.30. The highest BCUT2D eigenvalue weighted by Gasteiger charge is 2.31. The molecule has 5 heteroatoms. The van der Waals surface area contributed by atoms with Gasteiger partial charge in [-0.1, -0.05) is 61.5 Å². The summed E-state index contributed by atoms with van der Waals surface area (Å²) in [6.07, 6.45) is 3.92. The van der Waals surface area contributed by atoms with E-state index in [0.717, 1.165) is 48.0 Å². The van der Waals surface area contributed by atoms with Crippen LogP contribution >= 0.6 is 0 Å². The molecule has 164 valence electrons. The van der Waals surface area contributed by atoms with Crippen LogP contribution in [-0.2, 0) is 0 Å². The lowest BCUT2D eigenvalue weighted by molar-refractivity contribution is 0.0432. The summed E-state index contributed by atoms with van der Waals surface area (Å²) < 4.78 is 6.14. The van der Waals surface area contributed by atoms with Gasteiger partial charge in [-0.2, -0.15) is 4.98 Å². The summed E-state index contributed by atoms with van der Waals surface area (Å²) in [6.45, 7) is 4.46. The van der Waals surface area contributed by atoms with Gasteiger partial charge in [0.15, 0.2) is 5.65 Å². The molecule has 0 atom stereocenters. The number of ether oxygens (including phenoxy) is 1. The van der Waals surface area contributed by atoms with E-state index in [1.807, 2.05) is 6.07 Å². The number of nitrogens with zero attached hydrogens (tertiary/aromatic N) is 2. The van der Waals surface area contributed by atoms with Gasteiger partial charge in [-0.05, 0) is 60.8 Å². The van der Waals surface area contributed by atoms with Gasteiger partial charge in [0.05, 0.1) is 11.2 Å². The number of hydrogen-bond acceptors (Lipinski definition) is 4. The normalized spacial score (nSPS) is 21.0. The smallest absolute Gasteiger partial charge is 0.296 e. The van der Waals surface area contributed by atoms with Crippen molar-refractivity contribution < 1.29 is 9.84 Å². The van der Waals surface area contributed by atoms with Crippen LogP contribution in [0.5, 0.6) is 6.01 Å². The van der Waals surface area contributed by atoms with Crippen LogP contribution in [0, 0.1) is 12.3 Å². The topological polar surface area (TPSA) is 71.0 Å². The molecule has 5 rings (SSSR count). The van der Waals surface area contributed by atoms with Gasteiger partial charge in [0.25, 0.3) is 6.01 Å². The summed E-state index contributed by atoms with van der Waals surface area (Å²) in [5.41, 5.74) is 7.08. The Morgan fingerprint density at radius 3 is 2.31 bits per heavy atom. The van der Waals surface area contributed by atoms with Gasteiger partial charge in [-0.15, -0.1) is 0 Å². The van der Waals surface area contributed by atoms with Gasteiger partial charge in [-0.3, -0.25) is 0 Å². The van der Waals surface area contributed by atoms with Crippen molar-refractivity contribution in [3.63, 3.8) is 0 Å². The van der Waals surface area contributed by atoms with Gasteiger partial charge in [0, 0.05) is 12.2 Å². The Bertz CT molecular complexity index is 1210. The molecule has 0 radical (unpaired) electrons. The predicted octanol–water partition coefficient (Wildman–Crippen LogP) is 5.92. The first kappa shape index (κ1) is 20.7. The summed E-state index contributed by atoms with van der Waals surface area (Å²) in [6, 6.07) is 21.5. The first-order valence-electron chi connectivity index (χ1n) is 11.3. The number of aromatic amines is 1. The summed E-state index contributed by atoms with van der Waals surface area (Å²) in [5.74, 6) is 0. The molecule has 2 N–H and O–H groups in total. The summed E-state index contributed by atoms with van der Waals surface area (Å²) in [5, 5.41) is 9.57. The van der Waals surface area contributed by atoms with Gasteiger partial charge >= 0.3 is 0 Å². The fourth-order valence-electron chi connectivity index (χ4n) is 4.54. The summed E-state index contributed by atoms with van der Waals surface area (Å²) in [7, 11) is 0. The third-order valence-corrected chi connectivity index (χ3v) is 6.71. The van der Waals surface area contributed by atoms with Crippen molar-refractivity contribution in [3.8, 4) is 28.4 Å². The number of fused-ring (bicyclic) bond motifs is 1. The molecule has 2 aromatic heterocycles. The first-order valence-corrected chi connectivity index (χ1v) is 11.3. The van der Waals surface area contributed by atoms with Crippen molar-refractivity contribution in [2.24, 2.45) is 5.41 Å². The van der Waals surface area contributed by atoms with Crippen molar-refractivity contribution in [3.05, 3.63) is 66.2 Å². The third kappa shape index (κ3) is 4.13. The van der Waals surface area contributed by atoms with Gasteiger partial charge < -0.3 is 14.8 Å². The van der Waals surface area contributed by atoms with E-state index in [1.165, 1.54) is 11.1 Å². The number of pyridine rings is 1. The number of aliphatic hydroxyl groups excluding tert-OH is 1. The van der Waals surface area contributed by atoms with E-state index in [-0.39, 0.29) is 18.1 Å². The number of rotatable bonds is 5. The number of aryl methyl sites for hydroxylation is 1. The van der Waals surface area contributed by atoms with Gasteiger partial charge in [0.1, 0.15) is 6.10 Å². The van der Waals surface area contributed by atoms with Crippen molar-refractivity contribution in [2.75, 3.05) is 6.61 Å². The maximum Gasteiger partial charge on any atom is 0.296 e. The molecule has 0 unspecified atom stereocenters. The number of benzene rings is 2. The van der Waals surface area contributed by atoms with Gasteiger partial charge in [0.2, 0.25) is 0 Å². The van der Waals surface area contributed by atoms with E-state index in [1.54, 1.807) is 0 Å². The molecule has 4 aromatic rings. The van der Waals surface area contributed by atoms with Crippen molar-refractivity contribution in [2.45, 2.75) is 45.6 Å². The van der Waals surface area contributed by atoms with E-state index in [0.29, 0.717) is 11.7 Å². The lowest BCUT2D eigenvalue weighted by Gasteiger charge is -2.35. The maximum absolute atomic E-state index is 9.57. The monoisotopic (exact) mass is 427 g/mol. The van der Waals surface area contributed by atoms with E-state index >= 15 is 0 Å². The standard InChI is InChI=1S/C27H29N3O2/c1-18-16-23-25(30-26(28-23)32-22-12-14-27(2,17-31)15-13-22)29-24(18)21-10-8-20(9-11-21)19-6-4-3-5-7-19/h3-11,16,22,31H,12-15,17H2,1-2H3,(H,28,29,30). The Morgan fingerprint density at radius 1 is 0.969 bits per heavy atom. The molecule has 5 nitrogen and oxygen atoms in total. The Morgan fingerprint density at radius 2 is 1.62 bits per heavy atom. The van der Waals surface area contributed by atoms with Crippen LogP contribution in [0.1, 0.15) is 38.2 Å². The van der Waals surface area contributed by atoms with Crippen molar-refractivity contribution in [1.82, 2.24) is 15.0 Å². The van der Waals surface area contributed by atoms with Crippen LogP contribution in [0.15, 0.2) is 60.7 Å². The molecule has 0 bridgehead atoms. The summed E-state index contributed by atoms with van der Waals surface area (Å²) >= 11 is 0. The minimum Gasteiger partial charge on any atom is -0.461 e. The van der Waals surface area contributed by atoms with E-state index in [4.69, 9.17) is 9.72 Å². The average molecular weight is 428 g/mol. The maximum atomic E-state index is 9.57. The average Bonchev–Trinajstić information content (AvgIpc) is 3.22. The zero-order valence-corrected chi connectivity index (χ0v) is 18.6. The fourth-order valence-corrected chi connectivity index (χ4v) is 4.54. The lowest BCUT2D eigenvalue weighted by Crippen LogP contribution is -2.32. The Hall–Kier alpha value is -3.18. The zero-order chi connectivity index (χ0) is 22.1. The number of nitrogens with one attached hydrogen (secondary N) is 1. The van der Waals surface area contributed by atoms with E-state index in [2.05, 4.69) is 78.4 Å². The molecular weight excluding hydrogens is 398 g/mol. The van der Waals surface area contributed by atoms with Crippen LogP contribution in [0.4, 0.5) is 0 Å². The lowest BCUT2D eigenvalue weighted by atomic mass is 9.75. The zero-order valence-electron chi connectivity index (χ0n) is 18.6. The minimum atomic E-state index is 0.0252. The SMILES string of the molecule is Cc1cc2[nH]c(OC3CCC(C)(CO)CC3)nc2nc1-c1ccc(-c2ccccc2)cc1. The highest BCUT2D eigenvalue weighted by molar-refractivity contribution is 5.79. The Kier molecular flexibility index (Phi) is 5.43. The molecule has 0 saturated heterocycles. The Labute approximate surface area is 188 Å². The molecule has 1 aliphatic rings. The van der Waals surface area contributed by atoms with Crippen LogP contribution in [-0.4, -0.2) is 32.8 Å². The van der Waals surface area contributed by atoms with Crippen molar-refractivity contribution in [1.29, 1.82) is 0 Å². The third-order valence-electron chi connectivity index (χ3n) is 6.71. The van der Waals surface area contributed by atoms with Crippen LogP contribution in [0.2, 0.25) is 0 Å². The number of imidazole rings is 1. The quantitative estimate of drug-likeness (QED) is 0.415. The summed E-state index contributed by atoms with van der Waals surface area (Å²) in [4.78, 5) is 12.7. The molecule has 2 heterocycles. The van der Waals surface area contributed by atoms with E-state index in [9.17, 15) is 5.11 Å². The predicted molar refractivity (Wildman–Crippen MR) is 128 cm³/mol. The van der Waals surface area contributed by atoms with Crippen LogP contribution < -0.4 is 4.74 Å². The largest absolute Gasteiger partial charge is 0.461 e. The molecule has 0 amide bonds. The second-order valence-corrected chi connectivity index (χ2v) is 9.30. The van der Waals surface area contributed by atoms with Crippen molar-refractivity contribution >= 4 is 11.2 Å². The number of hydrogen-bond donors (Lipinski definition) is 2. The molecule has 0 spiro atoms. The molecule has 1 fully saturated rings. The second kappa shape index (κ2) is 8.40. The molecule has 1 aliphatic carbocycles. The number of H-pyrrole nitrogens is 1. The van der Waals surface area contributed by atoms with Crippen LogP contribution in [0.25, 0.3) is 33.5 Å². The highest BCUT2D eigenvalue weighted by atomic mass is 16.5. The first-order chi connectivity index (χ1) is 15.5. The molecule has 2 aromatic carbocycles. The van der Waals surface area contributed by atoms with E-state index < -0.39 is 0 Å². The number of aromatic nitrogens is 3. The number of aliphatic hydroxyl groups is 1. The molecule has 1 saturated carbocycles.